The summed E-state index contributed by atoms with van der Waals surface area (Å²) in [4.78, 5) is 17.8. The highest BCUT2D eigenvalue weighted by Crippen LogP contribution is 2.43. The fraction of sp³-hybridized carbons (Fsp3) is 0.444. The number of piperidine rings is 1. The van der Waals surface area contributed by atoms with Crippen molar-refractivity contribution in [2.45, 2.75) is 31.1 Å². The lowest BCUT2D eigenvalue weighted by Crippen LogP contribution is -2.43. The van der Waals surface area contributed by atoms with Gasteiger partial charge in [-0.05, 0) is 75.1 Å². The van der Waals surface area contributed by atoms with E-state index in [1.165, 1.54) is 24.0 Å². The summed E-state index contributed by atoms with van der Waals surface area (Å²) in [6.45, 7) is 5.87. The molecule has 1 N–H and O–H groups in total. The van der Waals surface area contributed by atoms with Crippen molar-refractivity contribution in [3.63, 3.8) is 0 Å². The lowest BCUT2D eigenvalue weighted by molar-refractivity contribution is -0.121. The van der Waals surface area contributed by atoms with Crippen molar-refractivity contribution in [3.05, 3.63) is 71.8 Å². The van der Waals surface area contributed by atoms with Gasteiger partial charge < -0.3 is 15.1 Å². The Morgan fingerprint density at radius 2 is 1.84 bits per heavy atom. The molecule has 0 bridgehead atoms. The number of para-hydroxylation sites is 1. The first-order chi connectivity index (χ1) is 15.3. The molecule has 0 aromatic heterocycles. The van der Waals surface area contributed by atoms with Crippen molar-refractivity contribution in [2.24, 2.45) is 5.92 Å². The molecule has 2 aliphatic heterocycles. The Morgan fingerprint density at radius 1 is 1.06 bits per heavy atom. The first-order valence-corrected chi connectivity index (χ1v) is 11.8. The number of hydrogen-bond donors (Lipinski definition) is 1. The normalized spacial score (nSPS) is 22.0. The SMILES string of the molecule is O=C(C1CCNC1)N(CCCN1CCC2(C=Cc3ccccc32)CC1)c1ccccc1. The second kappa shape index (κ2) is 8.97. The van der Waals surface area contributed by atoms with E-state index in [2.05, 4.69) is 58.8 Å². The summed E-state index contributed by atoms with van der Waals surface area (Å²) in [5.74, 6) is 0.394. The van der Waals surface area contributed by atoms with Crippen molar-refractivity contribution in [3.8, 4) is 0 Å². The lowest BCUT2D eigenvalue weighted by atomic mass is 9.74. The minimum absolute atomic E-state index is 0.115. The fourth-order valence-electron chi connectivity index (χ4n) is 5.56. The zero-order valence-corrected chi connectivity index (χ0v) is 18.3. The third kappa shape index (κ3) is 4.19. The Bertz CT molecular complexity index is 925. The summed E-state index contributed by atoms with van der Waals surface area (Å²) in [6.07, 6.45) is 9.10. The molecule has 5 rings (SSSR count). The number of amides is 1. The van der Waals surface area contributed by atoms with Gasteiger partial charge in [0.2, 0.25) is 5.91 Å². The second-order valence-electron chi connectivity index (χ2n) is 9.29. The molecule has 1 amide bonds. The van der Waals surface area contributed by atoms with Gasteiger partial charge in [-0.3, -0.25) is 4.79 Å². The van der Waals surface area contributed by atoms with Crippen LogP contribution in [-0.2, 0) is 10.2 Å². The molecule has 2 heterocycles. The molecule has 1 atom stereocenters. The van der Waals surface area contributed by atoms with Gasteiger partial charge in [-0.1, -0.05) is 54.6 Å². The van der Waals surface area contributed by atoms with Crippen molar-refractivity contribution < 1.29 is 4.79 Å². The number of hydrogen-bond acceptors (Lipinski definition) is 3. The highest BCUT2D eigenvalue weighted by atomic mass is 16.2. The van der Waals surface area contributed by atoms with E-state index in [-0.39, 0.29) is 17.2 Å². The largest absolute Gasteiger partial charge is 0.316 e. The van der Waals surface area contributed by atoms with Gasteiger partial charge in [-0.15, -0.1) is 0 Å². The van der Waals surface area contributed by atoms with E-state index in [9.17, 15) is 4.79 Å². The summed E-state index contributed by atoms with van der Waals surface area (Å²) in [7, 11) is 0. The van der Waals surface area contributed by atoms with E-state index < -0.39 is 0 Å². The molecule has 2 aromatic rings. The average Bonchev–Trinajstić information content (AvgIpc) is 3.48. The molecule has 4 heteroatoms. The Morgan fingerprint density at radius 3 is 2.61 bits per heavy atom. The number of fused-ring (bicyclic) bond motifs is 2. The average molecular weight is 416 g/mol. The fourth-order valence-corrected chi connectivity index (χ4v) is 5.56. The van der Waals surface area contributed by atoms with Crippen molar-refractivity contribution >= 4 is 17.7 Å². The quantitative estimate of drug-likeness (QED) is 0.772. The predicted octanol–water partition coefficient (Wildman–Crippen LogP) is 4.08. The van der Waals surface area contributed by atoms with Crippen LogP contribution in [0.25, 0.3) is 6.08 Å². The zero-order valence-electron chi connectivity index (χ0n) is 18.3. The minimum atomic E-state index is 0.115. The summed E-state index contributed by atoms with van der Waals surface area (Å²) >= 11 is 0. The molecule has 162 valence electrons. The van der Waals surface area contributed by atoms with Crippen molar-refractivity contribution in [1.82, 2.24) is 10.2 Å². The van der Waals surface area contributed by atoms with Gasteiger partial charge in [0.15, 0.2) is 0 Å². The number of nitrogens with one attached hydrogen (secondary N) is 1. The van der Waals surface area contributed by atoms with Gasteiger partial charge in [0, 0.05) is 24.2 Å². The highest BCUT2D eigenvalue weighted by molar-refractivity contribution is 5.95. The number of benzene rings is 2. The summed E-state index contributed by atoms with van der Waals surface area (Å²) < 4.78 is 0. The van der Waals surface area contributed by atoms with Crippen LogP contribution in [0.3, 0.4) is 0 Å². The van der Waals surface area contributed by atoms with Gasteiger partial charge in [0.05, 0.1) is 5.92 Å². The van der Waals surface area contributed by atoms with Crippen LogP contribution in [0.5, 0.6) is 0 Å². The first kappa shape index (κ1) is 20.5. The summed E-state index contributed by atoms with van der Waals surface area (Å²) in [6, 6.07) is 19.1. The number of anilines is 1. The molecule has 2 saturated heterocycles. The summed E-state index contributed by atoms with van der Waals surface area (Å²) in [5.41, 5.74) is 4.19. The predicted molar refractivity (Wildman–Crippen MR) is 127 cm³/mol. The van der Waals surface area contributed by atoms with Crippen LogP contribution in [0.4, 0.5) is 5.69 Å². The van der Waals surface area contributed by atoms with Gasteiger partial charge in [0.1, 0.15) is 0 Å². The second-order valence-corrected chi connectivity index (χ2v) is 9.29. The van der Waals surface area contributed by atoms with Gasteiger partial charge >= 0.3 is 0 Å². The number of carbonyl (C=O) groups excluding carboxylic acids is 1. The number of nitrogens with zero attached hydrogens (tertiary/aromatic N) is 2. The van der Waals surface area contributed by atoms with E-state index in [0.29, 0.717) is 0 Å². The molecular weight excluding hydrogens is 382 g/mol. The van der Waals surface area contributed by atoms with E-state index in [4.69, 9.17) is 0 Å². The number of allylic oxidation sites excluding steroid dienone is 1. The third-order valence-electron chi connectivity index (χ3n) is 7.43. The number of likely N-dealkylation sites (tertiary alicyclic amines) is 1. The Balaban J connectivity index is 1.17. The van der Waals surface area contributed by atoms with Crippen LogP contribution in [0.15, 0.2) is 60.7 Å². The molecule has 2 aromatic carbocycles. The Labute approximate surface area is 185 Å². The monoisotopic (exact) mass is 415 g/mol. The highest BCUT2D eigenvalue weighted by Gasteiger charge is 2.37. The van der Waals surface area contributed by atoms with Crippen LogP contribution in [0, 0.1) is 5.92 Å². The van der Waals surface area contributed by atoms with Crippen molar-refractivity contribution in [1.29, 1.82) is 0 Å². The van der Waals surface area contributed by atoms with E-state index >= 15 is 0 Å². The standard InChI is InChI=1S/C27H33N3O/c31-26(23-12-16-28-21-23)30(24-8-2-1-3-9-24)18-6-17-29-19-14-27(15-20-29)13-11-22-7-4-5-10-25(22)27/h1-5,7-11,13,23,28H,6,12,14-21H2. The molecule has 3 aliphatic rings. The van der Waals surface area contributed by atoms with E-state index in [1.54, 1.807) is 0 Å². The molecular formula is C27H33N3O. The maximum Gasteiger partial charge on any atom is 0.231 e. The third-order valence-corrected chi connectivity index (χ3v) is 7.43. The maximum absolute atomic E-state index is 13.2. The summed E-state index contributed by atoms with van der Waals surface area (Å²) in [5, 5.41) is 3.34. The maximum atomic E-state index is 13.2. The molecule has 1 unspecified atom stereocenters. The number of carbonyl (C=O) groups is 1. The van der Waals surface area contributed by atoms with E-state index in [0.717, 1.165) is 57.8 Å². The van der Waals surface area contributed by atoms with Gasteiger partial charge in [-0.25, -0.2) is 0 Å². The first-order valence-electron chi connectivity index (χ1n) is 11.8. The molecule has 0 radical (unpaired) electrons. The topological polar surface area (TPSA) is 35.6 Å². The zero-order chi connectivity index (χ0) is 21.1. The molecule has 1 spiro atoms. The molecule has 2 fully saturated rings. The van der Waals surface area contributed by atoms with Crippen LogP contribution in [-0.4, -0.2) is 50.1 Å². The van der Waals surface area contributed by atoms with Crippen molar-refractivity contribution in [2.75, 3.05) is 44.2 Å². The van der Waals surface area contributed by atoms with Gasteiger partial charge in [0.25, 0.3) is 0 Å². The molecule has 31 heavy (non-hydrogen) atoms. The Kier molecular flexibility index (Phi) is 5.93. The van der Waals surface area contributed by atoms with Gasteiger partial charge in [-0.2, -0.15) is 0 Å². The minimum Gasteiger partial charge on any atom is -0.316 e. The molecule has 4 nitrogen and oxygen atoms in total. The van der Waals surface area contributed by atoms with E-state index in [1.807, 2.05) is 23.1 Å². The smallest absolute Gasteiger partial charge is 0.231 e. The molecule has 0 saturated carbocycles. The Hall–Kier alpha value is -2.43. The number of rotatable bonds is 6. The lowest BCUT2D eigenvalue weighted by Gasteiger charge is -2.39. The molecule has 1 aliphatic carbocycles. The van der Waals surface area contributed by atoms with Crippen LogP contribution in [0.1, 0.15) is 36.8 Å². The van der Waals surface area contributed by atoms with Crippen LogP contribution < -0.4 is 10.2 Å². The van der Waals surface area contributed by atoms with Crippen LogP contribution in [0.2, 0.25) is 0 Å². The van der Waals surface area contributed by atoms with Crippen LogP contribution >= 0.6 is 0 Å².